The Balaban J connectivity index is 2.78. The zero-order chi connectivity index (χ0) is 15.1. The van der Waals surface area contributed by atoms with Crippen molar-refractivity contribution in [1.29, 1.82) is 0 Å². The summed E-state index contributed by atoms with van der Waals surface area (Å²) in [5, 5.41) is 0. The molecule has 0 heterocycles. The molecule has 0 saturated heterocycles. The van der Waals surface area contributed by atoms with Crippen LogP contribution in [0.4, 0.5) is 11.4 Å². The highest BCUT2D eigenvalue weighted by Crippen LogP contribution is 2.29. The number of methoxy groups -OCH3 is 1. The number of nitrogen functional groups attached to an aromatic ring is 1. The second kappa shape index (κ2) is 8.01. The maximum Gasteiger partial charge on any atom is 0.243 e. The van der Waals surface area contributed by atoms with E-state index < -0.39 is 6.04 Å². The van der Waals surface area contributed by atoms with Crippen LogP contribution >= 0.6 is 11.8 Å². The molecule has 0 spiro atoms. The third kappa shape index (κ3) is 4.31. The van der Waals surface area contributed by atoms with Crippen molar-refractivity contribution in [3.8, 4) is 5.75 Å². The molecular formula is C14H23N3O2S. The van der Waals surface area contributed by atoms with Crippen LogP contribution in [0.15, 0.2) is 18.2 Å². The predicted octanol–water partition coefficient (Wildman–Crippen LogP) is 1.71. The van der Waals surface area contributed by atoms with Crippen LogP contribution in [0.3, 0.4) is 0 Å². The van der Waals surface area contributed by atoms with Gasteiger partial charge in [-0.1, -0.05) is 6.92 Å². The van der Waals surface area contributed by atoms with Crippen molar-refractivity contribution in [1.82, 2.24) is 0 Å². The minimum absolute atomic E-state index is 0.121. The van der Waals surface area contributed by atoms with Gasteiger partial charge < -0.3 is 21.1 Å². The molecule has 1 amide bonds. The number of anilines is 2. The molecule has 0 radical (unpaired) electrons. The molecule has 0 aliphatic rings. The third-order valence-corrected chi connectivity index (χ3v) is 3.92. The molecule has 0 unspecified atom stereocenters. The van der Waals surface area contributed by atoms with Crippen LogP contribution in [0, 0.1) is 0 Å². The maximum atomic E-state index is 12.3. The summed E-state index contributed by atoms with van der Waals surface area (Å²) in [5.74, 6) is 2.36. The molecule has 0 aromatic heterocycles. The van der Waals surface area contributed by atoms with Crippen molar-refractivity contribution in [2.24, 2.45) is 5.73 Å². The van der Waals surface area contributed by atoms with E-state index in [4.69, 9.17) is 16.2 Å². The van der Waals surface area contributed by atoms with E-state index in [1.54, 1.807) is 44.1 Å². The minimum Gasteiger partial charge on any atom is -0.494 e. The monoisotopic (exact) mass is 297 g/mol. The average molecular weight is 297 g/mol. The number of rotatable bonds is 7. The summed E-state index contributed by atoms with van der Waals surface area (Å²) < 4.78 is 5.26. The quantitative estimate of drug-likeness (QED) is 0.591. The van der Waals surface area contributed by atoms with Crippen molar-refractivity contribution in [2.75, 3.05) is 36.3 Å². The van der Waals surface area contributed by atoms with Crippen molar-refractivity contribution in [3.63, 3.8) is 0 Å². The lowest BCUT2D eigenvalue weighted by atomic mass is 10.2. The molecule has 0 bridgehead atoms. The van der Waals surface area contributed by atoms with Crippen LogP contribution in [0.1, 0.15) is 13.3 Å². The summed E-state index contributed by atoms with van der Waals surface area (Å²) in [6, 6.07) is 4.69. The van der Waals surface area contributed by atoms with Gasteiger partial charge in [-0.15, -0.1) is 0 Å². The van der Waals surface area contributed by atoms with E-state index >= 15 is 0 Å². The van der Waals surface area contributed by atoms with Crippen LogP contribution < -0.4 is 21.1 Å². The Hall–Kier alpha value is -1.40. The fourth-order valence-corrected chi connectivity index (χ4v) is 2.53. The molecule has 4 N–H and O–H groups in total. The molecule has 6 heteroatoms. The Kier molecular flexibility index (Phi) is 6.67. The first-order valence-electron chi connectivity index (χ1n) is 6.55. The minimum atomic E-state index is -0.499. The summed E-state index contributed by atoms with van der Waals surface area (Å²) in [6.45, 7) is 2.09. The van der Waals surface area contributed by atoms with E-state index in [-0.39, 0.29) is 5.91 Å². The average Bonchev–Trinajstić information content (AvgIpc) is 2.45. The summed E-state index contributed by atoms with van der Waals surface area (Å²) in [4.78, 5) is 13.8. The second-order valence-electron chi connectivity index (χ2n) is 4.42. The number of nitrogens with zero attached hydrogens (tertiary/aromatic N) is 1. The summed E-state index contributed by atoms with van der Waals surface area (Å²) in [5.41, 5.74) is 12.9. The molecule has 0 saturated carbocycles. The Bertz CT molecular complexity index is 454. The lowest BCUT2D eigenvalue weighted by Crippen LogP contribution is -2.42. The number of nitrogens with two attached hydrogens (primary N) is 2. The van der Waals surface area contributed by atoms with E-state index in [9.17, 15) is 4.79 Å². The summed E-state index contributed by atoms with van der Waals surface area (Å²) in [7, 11) is 3.25. The Labute approximate surface area is 124 Å². The first-order valence-corrected chi connectivity index (χ1v) is 7.71. The molecule has 1 rings (SSSR count). The highest BCUT2D eigenvalue weighted by Gasteiger charge is 2.21. The number of likely N-dealkylation sites (N-methyl/N-ethyl adjacent to an activating group) is 1. The Morgan fingerprint density at radius 3 is 2.80 bits per heavy atom. The molecule has 0 fully saturated rings. The van der Waals surface area contributed by atoms with Crippen LogP contribution in [0.5, 0.6) is 5.75 Å². The maximum absolute atomic E-state index is 12.3. The number of benzene rings is 1. The van der Waals surface area contributed by atoms with Crippen LogP contribution in [-0.2, 0) is 4.79 Å². The van der Waals surface area contributed by atoms with Gasteiger partial charge in [0.25, 0.3) is 0 Å². The smallest absolute Gasteiger partial charge is 0.243 e. The molecular weight excluding hydrogens is 274 g/mol. The van der Waals surface area contributed by atoms with Gasteiger partial charge in [0, 0.05) is 18.8 Å². The summed E-state index contributed by atoms with van der Waals surface area (Å²) in [6.07, 6.45) is 0.666. The highest BCUT2D eigenvalue weighted by atomic mass is 32.2. The highest BCUT2D eigenvalue weighted by molar-refractivity contribution is 7.99. The van der Waals surface area contributed by atoms with Gasteiger partial charge >= 0.3 is 0 Å². The first kappa shape index (κ1) is 16.7. The molecule has 0 aliphatic carbocycles. The number of amides is 1. The number of hydrogen-bond donors (Lipinski definition) is 2. The molecule has 1 atom stereocenters. The third-order valence-electron chi connectivity index (χ3n) is 2.99. The van der Waals surface area contributed by atoms with Gasteiger partial charge in [0.1, 0.15) is 5.75 Å². The van der Waals surface area contributed by atoms with E-state index in [2.05, 4.69) is 6.92 Å². The number of thioether (sulfide) groups is 1. The van der Waals surface area contributed by atoms with Crippen molar-refractivity contribution in [3.05, 3.63) is 18.2 Å². The van der Waals surface area contributed by atoms with Crippen LogP contribution in [0.25, 0.3) is 0 Å². The van der Waals surface area contributed by atoms with E-state index in [1.807, 2.05) is 0 Å². The molecule has 1 aromatic rings. The number of hydrogen-bond acceptors (Lipinski definition) is 5. The summed E-state index contributed by atoms with van der Waals surface area (Å²) >= 11 is 1.78. The molecule has 5 nitrogen and oxygen atoms in total. The van der Waals surface area contributed by atoms with Gasteiger partial charge in [-0.2, -0.15) is 11.8 Å². The topological polar surface area (TPSA) is 81.6 Å². The number of ether oxygens (including phenoxy) is 1. The Morgan fingerprint density at radius 1 is 1.50 bits per heavy atom. The van der Waals surface area contributed by atoms with Crippen molar-refractivity contribution >= 4 is 29.0 Å². The molecule has 1 aromatic carbocycles. The van der Waals surface area contributed by atoms with E-state index in [0.29, 0.717) is 23.5 Å². The number of carbonyl (C=O) groups is 1. The van der Waals surface area contributed by atoms with Gasteiger partial charge in [0.05, 0.1) is 18.8 Å². The predicted molar refractivity (Wildman–Crippen MR) is 86.4 cm³/mol. The fourth-order valence-electron chi connectivity index (χ4n) is 1.82. The lowest BCUT2D eigenvalue weighted by Gasteiger charge is -2.23. The zero-order valence-electron chi connectivity index (χ0n) is 12.3. The number of carbonyl (C=O) groups excluding carboxylic acids is 1. The first-order chi connectivity index (χ1) is 9.51. The van der Waals surface area contributed by atoms with E-state index in [0.717, 1.165) is 11.5 Å². The fraction of sp³-hybridized carbons (Fsp3) is 0.500. The lowest BCUT2D eigenvalue weighted by molar-refractivity contribution is -0.119. The SMILES string of the molecule is CCSCC[C@H](N)C(=O)N(C)c1ccc(N)cc1OC. The molecule has 112 valence electrons. The van der Waals surface area contributed by atoms with Gasteiger partial charge in [0.2, 0.25) is 5.91 Å². The van der Waals surface area contributed by atoms with Crippen molar-refractivity contribution < 1.29 is 9.53 Å². The zero-order valence-corrected chi connectivity index (χ0v) is 13.1. The van der Waals surface area contributed by atoms with Gasteiger partial charge in [-0.25, -0.2) is 0 Å². The molecule has 0 aliphatic heterocycles. The van der Waals surface area contributed by atoms with Crippen LogP contribution in [-0.4, -0.2) is 37.6 Å². The normalized spacial score (nSPS) is 12.0. The second-order valence-corrected chi connectivity index (χ2v) is 5.81. The Morgan fingerprint density at radius 2 is 2.20 bits per heavy atom. The van der Waals surface area contributed by atoms with Gasteiger partial charge in [0.15, 0.2) is 0 Å². The van der Waals surface area contributed by atoms with Crippen molar-refractivity contribution in [2.45, 2.75) is 19.4 Å². The standard InChI is InChI=1S/C14H23N3O2S/c1-4-20-8-7-11(16)14(18)17(2)12-6-5-10(15)9-13(12)19-3/h5-6,9,11H,4,7-8,15-16H2,1-3H3/t11-/m0/s1. The van der Waals surface area contributed by atoms with Crippen LogP contribution in [0.2, 0.25) is 0 Å². The largest absolute Gasteiger partial charge is 0.494 e. The van der Waals surface area contributed by atoms with Gasteiger partial charge in [-0.3, -0.25) is 4.79 Å². The van der Waals surface area contributed by atoms with E-state index in [1.165, 1.54) is 4.90 Å². The van der Waals surface area contributed by atoms with Gasteiger partial charge in [-0.05, 0) is 30.1 Å². The molecule has 20 heavy (non-hydrogen) atoms.